The van der Waals surface area contributed by atoms with Crippen molar-refractivity contribution in [2.75, 3.05) is 13.1 Å². The molecule has 5 rings (SSSR count). The van der Waals surface area contributed by atoms with E-state index in [1.807, 2.05) is 28.5 Å². The Bertz CT molecular complexity index is 1690. The van der Waals surface area contributed by atoms with Gasteiger partial charge in [-0.2, -0.15) is 0 Å². The maximum Gasteiger partial charge on any atom is 0.265 e. The number of aromatic nitrogens is 2. The van der Waals surface area contributed by atoms with Gasteiger partial charge in [0.1, 0.15) is 5.01 Å². The molecule has 0 saturated carbocycles. The lowest BCUT2D eigenvalue weighted by atomic mass is 9.96. The molecule has 43 heavy (non-hydrogen) atoms. The lowest BCUT2D eigenvalue weighted by Gasteiger charge is -2.29. The second-order valence-electron chi connectivity index (χ2n) is 11.7. The van der Waals surface area contributed by atoms with E-state index < -0.39 is 0 Å². The summed E-state index contributed by atoms with van der Waals surface area (Å²) < 4.78 is 1.86. The van der Waals surface area contributed by atoms with Crippen LogP contribution in [0.25, 0.3) is 27.5 Å². The summed E-state index contributed by atoms with van der Waals surface area (Å²) in [5.41, 5.74) is 6.21. The number of rotatable bonds is 8. The van der Waals surface area contributed by atoms with Crippen molar-refractivity contribution in [1.29, 1.82) is 0 Å². The molecule has 0 radical (unpaired) electrons. The average Bonchev–Trinajstić information content (AvgIpc) is 3.37. The van der Waals surface area contributed by atoms with E-state index in [-0.39, 0.29) is 17.4 Å². The van der Waals surface area contributed by atoms with Gasteiger partial charge in [0, 0.05) is 34.2 Å². The Morgan fingerprint density at radius 1 is 0.977 bits per heavy atom. The van der Waals surface area contributed by atoms with Gasteiger partial charge in [0.25, 0.3) is 11.5 Å². The van der Waals surface area contributed by atoms with Crippen molar-refractivity contribution < 1.29 is 4.79 Å². The van der Waals surface area contributed by atoms with E-state index in [2.05, 4.69) is 45.9 Å². The first-order chi connectivity index (χ1) is 20.6. The van der Waals surface area contributed by atoms with E-state index in [0.717, 1.165) is 78.1 Å². The molecule has 8 heteroatoms. The Morgan fingerprint density at radius 3 is 2.26 bits per heavy atom. The summed E-state index contributed by atoms with van der Waals surface area (Å²) in [6.07, 6.45) is 5.26. The molecule has 0 unspecified atom stereocenters. The zero-order valence-electron chi connectivity index (χ0n) is 25.6. The van der Waals surface area contributed by atoms with E-state index >= 15 is 0 Å². The Hall–Kier alpha value is -2.93. The van der Waals surface area contributed by atoms with E-state index in [4.69, 9.17) is 28.2 Å². The molecule has 2 aromatic heterocycles. The Labute approximate surface area is 268 Å². The van der Waals surface area contributed by atoms with Gasteiger partial charge in [0.05, 0.1) is 27.5 Å². The van der Waals surface area contributed by atoms with Crippen LogP contribution >= 0.6 is 34.5 Å². The third-order valence-corrected chi connectivity index (χ3v) is 9.73. The summed E-state index contributed by atoms with van der Waals surface area (Å²) in [7, 11) is 0. The summed E-state index contributed by atoms with van der Waals surface area (Å²) in [6.45, 7) is 11.9. The molecule has 4 aromatic rings. The van der Waals surface area contributed by atoms with Gasteiger partial charge in [-0.3, -0.25) is 14.2 Å². The Morgan fingerprint density at radius 2 is 1.65 bits per heavy atom. The maximum atomic E-state index is 14.8. The second kappa shape index (κ2) is 13.4. The Balaban J connectivity index is 1.83. The van der Waals surface area contributed by atoms with Crippen LogP contribution in [-0.4, -0.2) is 33.4 Å². The van der Waals surface area contributed by atoms with Crippen LogP contribution in [0.15, 0.2) is 47.3 Å². The molecule has 2 aromatic carbocycles. The molecule has 1 fully saturated rings. The first kappa shape index (κ1) is 31.5. The minimum absolute atomic E-state index is 0.00775. The number of likely N-dealkylation sites (tertiary alicyclic amines) is 1. The summed E-state index contributed by atoms with van der Waals surface area (Å²) >= 11 is 14.2. The minimum Gasteiger partial charge on any atom is -0.339 e. The second-order valence-corrected chi connectivity index (χ2v) is 13.7. The number of hydrogen-bond acceptors (Lipinski definition) is 4. The number of aryl methyl sites for hydroxylation is 3. The fourth-order valence-corrected chi connectivity index (χ4v) is 7.46. The number of para-hydroxylation sites is 1. The third kappa shape index (κ3) is 6.33. The molecule has 1 saturated heterocycles. The first-order valence-corrected chi connectivity index (χ1v) is 16.8. The maximum absolute atomic E-state index is 14.8. The van der Waals surface area contributed by atoms with Gasteiger partial charge in [0.2, 0.25) is 0 Å². The molecule has 1 aliphatic rings. The first-order valence-electron chi connectivity index (χ1n) is 15.3. The quantitative estimate of drug-likeness (QED) is 0.194. The average molecular weight is 637 g/mol. The van der Waals surface area contributed by atoms with E-state index in [1.165, 1.54) is 11.3 Å². The molecule has 1 amide bonds. The fourth-order valence-electron chi connectivity index (χ4n) is 6.03. The van der Waals surface area contributed by atoms with Crippen LogP contribution in [0, 0.1) is 12.8 Å². The number of halogens is 2. The highest BCUT2D eigenvalue weighted by molar-refractivity contribution is 7.15. The van der Waals surface area contributed by atoms with Gasteiger partial charge in [-0.15, -0.1) is 11.3 Å². The van der Waals surface area contributed by atoms with Crippen molar-refractivity contribution in [3.63, 3.8) is 0 Å². The molecule has 5 nitrogen and oxygen atoms in total. The van der Waals surface area contributed by atoms with Gasteiger partial charge < -0.3 is 4.90 Å². The standard InChI is InChI=1S/C35H39Cl2N3O2S/c1-6-23-12-11-13-24(7-2)32(23)40-30(18-21(3)4)27(34(41)39-16-9-8-10-17-39)20-28(35(40)42)33-38-31(22(5)43-33)26-15-14-25(36)19-29(26)37/h11-15,19-21H,6-10,16-18H2,1-5H3. The zero-order chi connectivity index (χ0) is 30.8. The lowest BCUT2D eigenvalue weighted by Crippen LogP contribution is -2.38. The topological polar surface area (TPSA) is 55.2 Å². The predicted octanol–water partition coefficient (Wildman–Crippen LogP) is 9.19. The molecule has 226 valence electrons. The van der Waals surface area contributed by atoms with Crippen LogP contribution in [0.1, 0.15) is 79.0 Å². The third-order valence-electron chi connectivity index (χ3n) is 8.18. The Kier molecular flexibility index (Phi) is 9.79. The zero-order valence-corrected chi connectivity index (χ0v) is 27.9. The highest BCUT2D eigenvalue weighted by Crippen LogP contribution is 2.38. The number of thiazole rings is 1. The highest BCUT2D eigenvalue weighted by Gasteiger charge is 2.29. The van der Waals surface area contributed by atoms with Gasteiger partial charge in [0.15, 0.2) is 0 Å². The number of carbonyl (C=O) groups is 1. The van der Waals surface area contributed by atoms with Crippen LogP contribution in [-0.2, 0) is 19.3 Å². The number of hydrogen-bond donors (Lipinski definition) is 0. The van der Waals surface area contributed by atoms with Crippen molar-refractivity contribution in [3.05, 3.63) is 90.1 Å². The van der Waals surface area contributed by atoms with Crippen LogP contribution in [0.2, 0.25) is 10.0 Å². The summed E-state index contributed by atoms with van der Waals surface area (Å²) in [5.74, 6) is 0.232. The largest absolute Gasteiger partial charge is 0.339 e. The number of piperidine rings is 1. The fraction of sp³-hybridized carbons (Fsp3) is 0.400. The molecule has 0 bridgehead atoms. The number of amides is 1. The van der Waals surface area contributed by atoms with Crippen LogP contribution in [0.5, 0.6) is 0 Å². The molecule has 0 spiro atoms. The smallest absolute Gasteiger partial charge is 0.265 e. The van der Waals surface area contributed by atoms with Gasteiger partial charge in [-0.25, -0.2) is 4.98 Å². The van der Waals surface area contributed by atoms with Crippen molar-refractivity contribution >= 4 is 40.4 Å². The summed E-state index contributed by atoms with van der Waals surface area (Å²) in [6, 6.07) is 13.4. The molecular formula is C35H39Cl2N3O2S. The lowest BCUT2D eigenvalue weighted by molar-refractivity contribution is 0.0722. The molecule has 0 atom stereocenters. The monoisotopic (exact) mass is 635 g/mol. The van der Waals surface area contributed by atoms with Crippen LogP contribution in [0.3, 0.4) is 0 Å². The number of carbonyl (C=O) groups excluding carboxylic acids is 1. The van der Waals surface area contributed by atoms with Crippen molar-refractivity contribution in [2.24, 2.45) is 5.92 Å². The van der Waals surface area contributed by atoms with E-state index in [0.29, 0.717) is 38.3 Å². The van der Waals surface area contributed by atoms with Crippen molar-refractivity contribution in [1.82, 2.24) is 14.5 Å². The molecule has 0 N–H and O–H groups in total. The molecule has 1 aliphatic heterocycles. The number of nitrogens with zero attached hydrogens (tertiary/aromatic N) is 3. The summed E-state index contributed by atoms with van der Waals surface area (Å²) in [4.78, 5) is 37.0. The van der Waals surface area contributed by atoms with Crippen LogP contribution < -0.4 is 5.56 Å². The summed E-state index contributed by atoms with van der Waals surface area (Å²) in [5, 5.41) is 1.63. The normalized spacial score (nSPS) is 13.6. The number of benzene rings is 2. The SMILES string of the molecule is CCc1cccc(CC)c1-n1c(CC(C)C)c(C(=O)N2CCCCC2)cc(-c2nc(-c3ccc(Cl)cc3Cl)c(C)s2)c1=O. The predicted molar refractivity (Wildman–Crippen MR) is 180 cm³/mol. The molecular weight excluding hydrogens is 597 g/mol. The van der Waals surface area contributed by atoms with Crippen molar-refractivity contribution in [2.45, 2.75) is 73.1 Å². The van der Waals surface area contributed by atoms with E-state index in [1.54, 1.807) is 12.1 Å². The molecule has 3 heterocycles. The van der Waals surface area contributed by atoms with E-state index in [9.17, 15) is 9.59 Å². The number of pyridine rings is 1. The van der Waals surface area contributed by atoms with Gasteiger partial charge in [-0.1, -0.05) is 69.1 Å². The van der Waals surface area contributed by atoms with Crippen LogP contribution in [0.4, 0.5) is 0 Å². The highest BCUT2D eigenvalue weighted by atomic mass is 35.5. The van der Waals surface area contributed by atoms with Gasteiger partial charge in [-0.05, 0) is 86.8 Å². The van der Waals surface area contributed by atoms with Gasteiger partial charge >= 0.3 is 0 Å². The molecule has 0 aliphatic carbocycles. The minimum atomic E-state index is -0.149. The van der Waals surface area contributed by atoms with Crippen molar-refractivity contribution in [3.8, 4) is 27.5 Å².